The lowest BCUT2D eigenvalue weighted by Gasteiger charge is -2.07. The Morgan fingerprint density at radius 1 is 1.47 bits per heavy atom. The van der Waals surface area contributed by atoms with Crippen molar-refractivity contribution in [3.05, 3.63) is 46.4 Å². The van der Waals surface area contributed by atoms with Gasteiger partial charge in [-0.1, -0.05) is 12.1 Å². The number of thiazole rings is 1. The predicted molar refractivity (Wildman–Crippen MR) is 75.5 cm³/mol. The van der Waals surface area contributed by atoms with E-state index in [0.717, 1.165) is 17.7 Å². The van der Waals surface area contributed by atoms with Gasteiger partial charge in [0.1, 0.15) is 5.75 Å². The molecule has 4 nitrogen and oxygen atoms in total. The van der Waals surface area contributed by atoms with Crippen molar-refractivity contribution in [1.82, 2.24) is 10.3 Å². The Balaban J connectivity index is 1.67. The molecular weight excluding hydrogens is 260 g/mol. The van der Waals surface area contributed by atoms with Crippen molar-refractivity contribution in [2.24, 2.45) is 0 Å². The van der Waals surface area contributed by atoms with E-state index in [-0.39, 0.29) is 12.5 Å². The van der Waals surface area contributed by atoms with Crippen molar-refractivity contribution in [3.8, 4) is 5.75 Å². The van der Waals surface area contributed by atoms with Crippen LogP contribution in [0, 0.1) is 6.92 Å². The SMILES string of the molecule is Cc1cccc(OCC(=O)NCCc2cncs2)c1. The monoisotopic (exact) mass is 276 g/mol. The van der Waals surface area contributed by atoms with Gasteiger partial charge in [-0.15, -0.1) is 11.3 Å². The molecule has 0 aliphatic carbocycles. The summed E-state index contributed by atoms with van der Waals surface area (Å²) in [6.07, 6.45) is 2.63. The molecule has 0 aliphatic heterocycles. The molecule has 0 aliphatic rings. The second-order valence-electron chi connectivity index (χ2n) is 4.17. The van der Waals surface area contributed by atoms with Crippen LogP contribution in [0.2, 0.25) is 0 Å². The van der Waals surface area contributed by atoms with Gasteiger partial charge in [-0.25, -0.2) is 0 Å². The molecule has 0 spiro atoms. The van der Waals surface area contributed by atoms with Crippen LogP contribution in [0.1, 0.15) is 10.4 Å². The van der Waals surface area contributed by atoms with Gasteiger partial charge >= 0.3 is 0 Å². The Morgan fingerprint density at radius 3 is 3.11 bits per heavy atom. The summed E-state index contributed by atoms with van der Waals surface area (Å²) in [5.74, 6) is 0.614. The van der Waals surface area contributed by atoms with Gasteiger partial charge in [0.05, 0.1) is 5.51 Å². The van der Waals surface area contributed by atoms with E-state index in [0.29, 0.717) is 6.54 Å². The minimum atomic E-state index is -0.106. The summed E-state index contributed by atoms with van der Waals surface area (Å²) in [6, 6.07) is 7.65. The number of rotatable bonds is 6. The molecule has 1 N–H and O–H groups in total. The first-order valence-corrected chi connectivity index (χ1v) is 6.95. The van der Waals surface area contributed by atoms with Gasteiger partial charge < -0.3 is 10.1 Å². The Kier molecular flexibility index (Phi) is 4.92. The van der Waals surface area contributed by atoms with Gasteiger partial charge in [-0.05, 0) is 24.6 Å². The summed E-state index contributed by atoms with van der Waals surface area (Å²) in [4.78, 5) is 16.7. The number of hydrogen-bond donors (Lipinski definition) is 1. The van der Waals surface area contributed by atoms with Crippen LogP contribution in [-0.2, 0) is 11.2 Å². The van der Waals surface area contributed by atoms with Gasteiger partial charge in [0.25, 0.3) is 5.91 Å². The molecule has 2 aromatic rings. The van der Waals surface area contributed by atoms with Crippen LogP contribution in [-0.4, -0.2) is 24.0 Å². The number of nitrogens with zero attached hydrogens (tertiary/aromatic N) is 1. The lowest BCUT2D eigenvalue weighted by atomic mass is 10.2. The summed E-state index contributed by atoms with van der Waals surface area (Å²) >= 11 is 1.59. The first-order chi connectivity index (χ1) is 9.24. The molecule has 0 saturated carbocycles. The zero-order valence-electron chi connectivity index (χ0n) is 10.8. The second-order valence-corrected chi connectivity index (χ2v) is 5.14. The number of amides is 1. The number of carbonyl (C=O) groups excluding carboxylic acids is 1. The Morgan fingerprint density at radius 2 is 2.37 bits per heavy atom. The standard InChI is InChI=1S/C14H16N2O2S/c1-11-3-2-4-12(7-11)18-9-14(17)16-6-5-13-8-15-10-19-13/h2-4,7-8,10H,5-6,9H2,1H3,(H,16,17). The second kappa shape index (κ2) is 6.89. The molecule has 19 heavy (non-hydrogen) atoms. The van der Waals surface area contributed by atoms with Crippen LogP contribution in [0.5, 0.6) is 5.75 Å². The topological polar surface area (TPSA) is 51.2 Å². The van der Waals surface area contributed by atoms with E-state index in [9.17, 15) is 4.79 Å². The van der Waals surface area contributed by atoms with E-state index >= 15 is 0 Å². The zero-order chi connectivity index (χ0) is 13.5. The van der Waals surface area contributed by atoms with E-state index in [4.69, 9.17) is 4.74 Å². The Labute approximate surface area is 116 Å². The van der Waals surface area contributed by atoms with Crippen molar-refractivity contribution < 1.29 is 9.53 Å². The fourth-order valence-electron chi connectivity index (χ4n) is 1.60. The molecule has 0 bridgehead atoms. The Bertz CT molecular complexity index is 526. The normalized spacial score (nSPS) is 10.2. The number of nitrogens with one attached hydrogen (secondary N) is 1. The molecule has 0 atom stereocenters. The molecule has 1 aromatic carbocycles. The number of hydrogen-bond acceptors (Lipinski definition) is 4. The fraction of sp³-hybridized carbons (Fsp3) is 0.286. The lowest BCUT2D eigenvalue weighted by Crippen LogP contribution is -2.30. The van der Waals surface area contributed by atoms with Crippen molar-refractivity contribution in [2.75, 3.05) is 13.2 Å². The van der Waals surface area contributed by atoms with E-state index in [2.05, 4.69) is 10.3 Å². The largest absolute Gasteiger partial charge is 0.484 e. The van der Waals surface area contributed by atoms with E-state index in [1.807, 2.05) is 37.4 Å². The highest BCUT2D eigenvalue weighted by Gasteiger charge is 2.03. The maximum Gasteiger partial charge on any atom is 0.257 e. The average molecular weight is 276 g/mol. The van der Waals surface area contributed by atoms with Crippen molar-refractivity contribution in [3.63, 3.8) is 0 Å². The maximum atomic E-state index is 11.6. The number of aromatic nitrogens is 1. The predicted octanol–water partition coefficient (Wildman–Crippen LogP) is 2.19. The van der Waals surface area contributed by atoms with Crippen LogP contribution in [0.3, 0.4) is 0 Å². The third-order valence-corrected chi connectivity index (χ3v) is 3.38. The van der Waals surface area contributed by atoms with Gasteiger partial charge in [-0.2, -0.15) is 0 Å². The third kappa shape index (κ3) is 4.71. The molecule has 5 heteroatoms. The number of carbonyl (C=O) groups is 1. The van der Waals surface area contributed by atoms with Crippen molar-refractivity contribution in [2.45, 2.75) is 13.3 Å². The summed E-state index contributed by atoms with van der Waals surface area (Å²) in [6.45, 7) is 2.65. The number of benzene rings is 1. The van der Waals surface area contributed by atoms with Gasteiger partial charge in [0.15, 0.2) is 6.61 Å². The van der Waals surface area contributed by atoms with E-state index in [1.54, 1.807) is 16.8 Å². The minimum absolute atomic E-state index is 0.0478. The van der Waals surface area contributed by atoms with Crippen LogP contribution in [0.25, 0.3) is 0 Å². The van der Waals surface area contributed by atoms with Crippen LogP contribution in [0.4, 0.5) is 0 Å². The Hall–Kier alpha value is -1.88. The first kappa shape index (κ1) is 13.5. The summed E-state index contributed by atoms with van der Waals surface area (Å²) in [5.41, 5.74) is 2.90. The summed E-state index contributed by atoms with van der Waals surface area (Å²) < 4.78 is 5.41. The molecule has 2 rings (SSSR count). The van der Waals surface area contributed by atoms with Crippen molar-refractivity contribution in [1.29, 1.82) is 0 Å². The quantitative estimate of drug-likeness (QED) is 0.880. The van der Waals surface area contributed by atoms with Gasteiger partial charge in [0.2, 0.25) is 0 Å². The summed E-state index contributed by atoms with van der Waals surface area (Å²) in [7, 11) is 0. The van der Waals surface area contributed by atoms with E-state index < -0.39 is 0 Å². The van der Waals surface area contributed by atoms with Crippen LogP contribution < -0.4 is 10.1 Å². The molecule has 100 valence electrons. The molecular formula is C14H16N2O2S. The number of aryl methyl sites for hydroxylation is 1. The maximum absolute atomic E-state index is 11.6. The molecule has 0 fully saturated rings. The molecule has 0 saturated heterocycles. The summed E-state index contributed by atoms with van der Waals surface area (Å²) in [5, 5.41) is 2.82. The highest BCUT2D eigenvalue weighted by molar-refractivity contribution is 7.09. The number of ether oxygens (including phenoxy) is 1. The smallest absolute Gasteiger partial charge is 0.257 e. The van der Waals surface area contributed by atoms with E-state index in [1.165, 1.54) is 4.88 Å². The molecule has 1 aromatic heterocycles. The lowest BCUT2D eigenvalue weighted by molar-refractivity contribution is -0.123. The van der Waals surface area contributed by atoms with Crippen LogP contribution in [0.15, 0.2) is 36.0 Å². The molecule has 1 heterocycles. The van der Waals surface area contributed by atoms with Gasteiger partial charge in [0, 0.05) is 24.0 Å². The van der Waals surface area contributed by atoms with Crippen LogP contribution >= 0.6 is 11.3 Å². The zero-order valence-corrected chi connectivity index (χ0v) is 11.6. The highest BCUT2D eigenvalue weighted by atomic mass is 32.1. The highest BCUT2D eigenvalue weighted by Crippen LogP contribution is 2.11. The molecule has 0 unspecified atom stereocenters. The molecule has 0 radical (unpaired) electrons. The van der Waals surface area contributed by atoms with Crippen molar-refractivity contribution >= 4 is 17.2 Å². The molecule has 1 amide bonds. The first-order valence-electron chi connectivity index (χ1n) is 6.07. The minimum Gasteiger partial charge on any atom is -0.484 e. The van der Waals surface area contributed by atoms with Gasteiger partial charge in [-0.3, -0.25) is 9.78 Å². The fourth-order valence-corrected chi connectivity index (χ4v) is 2.19. The average Bonchev–Trinajstić information content (AvgIpc) is 2.90. The third-order valence-electron chi connectivity index (χ3n) is 2.54.